The van der Waals surface area contributed by atoms with Crippen molar-refractivity contribution in [3.63, 3.8) is 0 Å². The van der Waals surface area contributed by atoms with E-state index < -0.39 is 44.6 Å². The second-order valence-corrected chi connectivity index (χ2v) is 8.89. The molecule has 1 fully saturated rings. The third-order valence-electron chi connectivity index (χ3n) is 5.12. The summed E-state index contributed by atoms with van der Waals surface area (Å²) in [6.45, 7) is 1.78. The van der Waals surface area contributed by atoms with E-state index in [4.69, 9.17) is 0 Å². The number of hydrogen-bond donors (Lipinski definition) is 2. The van der Waals surface area contributed by atoms with Crippen molar-refractivity contribution in [2.45, 2.75) is 43.5 Å². The van der Waals surface area contributed by atoms with Crippen molar-refractivity contribution in [2.24, 2.45) is 5.92 Å². The van der Waals surface area contributed by atoms with Crippen LogP contribution in [0.3, 0.4) is 0 Å². The molecule has 0 aromatic heterocycles. The number of sulfonamides is 1. The van der Waals surface area contributed by atoms with Crippen LogP contribution < -0.4 is 10.0 Å². The summed E-state index contributed by atoms with van der Waals surface area (Å²) in [6.07, 6.45) is 3.96. The molecule has 0 saturated heterocycles. The van der Waals surface area contributed by atoms with Crippen LogP contribution in [0, 0.1) is 23.4 Å². The van der Waals surface area contributed by atoms with Gasteiger partial charge in [0.15, 0.2) is 0 Å². The number of benzene rings is 2. The van der Waals surface area contributed by atoms with Gasteiger partial charge in [0, 0.05) is 12.1 Å². The molecule has 1 atom stereocenters. The summed E-state index contributed by atoms with van der Waals surface area (Å²) in [4.78, 5) is 12.1. The number of nitrogens with one attached hydrogen (secondary N) is 2. The number of hydrogen-bond acceptors (Lipinski definition) is 3. The fourth-order valence-electron chi connectivity index (χ4n) is 3.49. The lowest BCUT2D eigenvalue weighted by atomic mass is 10.0. The summed E-state index contributed by atoms with van der Waals surface area (Å²) in [6, 6.07) is 4.92. The van der Waals surface area contributed by atoms with E-state index in [1.807, 2.05) is 0 Å². The van der Waals surface area contributed by atoms with Crippen molar-refractivity contribution in [1.82, 2.24) is 4.72 Å². The maximum atomic E-state index is 14.2. The summed E-state index contributed by atoms with van der Waals surface area (Å²) >= 11 is 0. The molecular formula is C20H21F3N2O3S. The molecule has 0 heterocycles. The summed E-state index contributed by atoms with van der Waals surface area (Å²) < 4.78 is 69.1. The molecular weight excluding hydrogens is 405 g/mol. The molecule has 0 bridgehead atoms. The van der Waals surface area contributed by atoms with Crippen LogP contribution in [0.2, 0.25) is 0 Å². The maximum Gasteiger partial charge on any atom is 0.258 e. The van der Waals surface area contributed by atoms with Crippen molar-refractivity contribution >= 4 is 21.6 Å². The lowest BCUT2D eigenvalue weighted by Crippen LogP contribution is -2.37. The summed E-state index contributed by atoms with van der Waals surface area (Å²) in [5.74, 6) is -3.54. The van der Waals surface area contributed by atoms with Crippen LogP contribution in [0.5, 0.6) is 0 Å². The SMILES string of the molecule is C[C@@H](NS(=O)(=O)c1ccc(F)c(C(=O)Nc2cc(F)ccc2F)c1)C1CCCC1. The van der Waals surface area contributed by atoms with E-state index in [1.165, 1.54) is 0 Å². The van der Waals surface area contributed by atoms with E-state index >= 15 is 0 Å². The van der Waals surface area contributed by atoms with E-state index in [-0.39, 0.29) is 16.9 Å². The van der Waals surface area contributed by atoms with Crippen molar-refractivity contribution < 1.29 is 26.4 Å². The van der Waals surface area contributed by atoms with Crippen LogP contribution in [0.15, 0.2) is 41.3 Å². The van der Waals surface area contributed by atoms with E-state index in [0.717, 1.165) is 62.1 Å². The van der Waals surface area contributed by atoms with Gasteiger partial charge >= 0.3 is 0 Å². The Morgan fingerprint density at radius 3 is 2.38 bits per heavy atom. The zero-order valence-electron chi connectivity index (χ0n) is 15.7. The minimum atomic E-state index is -3.99. The Hall–Kier alpha value is -2.39. The lowest BCUT2D eigenvalue weighted by molar-refractivity contribution is 0.102. The van der Waals surface area contributed by atoms with Gasteiger partial charge in [0.05, 0.1) is 16.1 Å². The van der Waals surface area contributed by atoms with E-state index in [0.29, 0.717) is 0 Å². The van der Waals surface area contributed by atoms with Gasteiger partial charge < -0.3 is 5.32 Å². The number of anilines is 1. The molecule has 1 saturated carbocycles. The monoisotopic (exact) mass is 426 g/mol. The summed E-state index contributed by atoms with van der Waals surface area (Å²) in [5, 5.41) is 2.06. The van der Waals surface area contributed by atoms with Gasteiger partial charge in [0.25, 0.3) is 5.91 Å². The zero-order valence-corrected chi connectivity index (χ0v) is 16.5. The molecule has 0 spiro atoms. The van der Waals surface area contributed by atoms with E-state index in [2.05, 4.69) is 10.0 Å². The Bertz CT molecular complexity index is 1020. The second kappa shape index (κ2) is 8.54. The number of halogens is 3. The molecule has 2 aromatic rings. The van der Waals surface area contributed by atoms with Crippen LogP contribution in [-0.4, -0.2) is 20.4 Å². The van der Waals surface area contributed by atoms with Gasteiger partial charge in [-0.15, -0.1) is 0 Å². The quantitative estimate of drug-likeness (QED) is 0.727. The highest BCUT2D eigenvalue weighted by Gasteiger charge is 2.27. The molecule has 0 aliphatic heterocycles. The van der Waals surface area contributed by atoms with Crippen LogP contribution in [0.25, 0.3) is 0 Å². The molecule has 3 rings (SSSR count). The van der Waals surface area contributed by atoms with Gasteiger partial charge in [0.1, 0.15) is 17.5 Å². The third-order valence-corrected chi connectivity index (χ3v) is 6.67. The molecule has 1 amide bonds. The van der Waals surface area contributed by atoms with Gasteiger partial charge in [0.2, 0.25) is 10.0 Å². The van der Waals surface area contributed by atoms with Gasteiger partial charge in [-0.25, -0.2) is 26.3 Å². The lowest BCUT2D eigenvalue weighted by Gasteiger charge is -2.20. The van der Waals surface area contributed by atoms with Gasteiger partial charge in [-0.2, -0.15) is 0 Å². The topological polar surface area (TPSA) is 75.3 Å². The minimum Gasteiger partial charge on any atom is -0.319 e. The van der Waals surface area contributed by atoms with Crippen molar-refractivity contribution in [3.8, 4) is 0 Å². The van der Waals surface area contributed by atoms with Crippen molar-refractivity contribution in [3.05, 3.63) is 59.4 Å². The average Bonchev–Trinajstić information content (AvgIpc) is 3.19. The first kappa shape index (κ1) is 21.3. The second-order valence-electron chi connectivity index (χ2n) is 7.17. The highest BCUT2D eigenvalue weighted by molar-refractivity contribution is 7.89. The Morgan fingerprint density at radius 1 is 1.03 bits per heavy atom. The van der Waals surface area contributed by atoms with E-state index in [1.54, 1.807) is 6.92 Å². The van der Waals surface area contributed by atoms with Crippen LogP contribution in [-0.2, 0) is 10.0 Å². The fourth-order valence-corrected chi connectivity index (χ4v) is 4.83. The Kier molecular flexibility index (Phi) is 6.28. The predicted molar refractivity (Wildman–Crippen MR) is 102 cm³/mol. The maximum absolute atomic E-state index is 14.2. The summed E-state index contributed by atoms with van der Waals surface area (Å²) in [5.41, 5.74) is -1.07. The van der Waals surface area contributed by atoms with Gasteiger partial charge in [-0.1, -0.05) is 12.8 Å². The average molecular weight is 426 g/mol. The van der Waals surface area contributed by atoms with Crippen molar-refractivity contribution in [2.75, 3.05) is 5.32 Å². The minimum absolute atomic E-state index is 0.226. The smallest absolute Gasteiger partial charge is 0.258 e. The fraction of sp³-hybridized carbons (Fsp3) is 0.350. The Morgan fingerprint density at radius 2 is 1.69 bits per heavy atom. The van der Waals surface area contributed by atoms with Gasteiger partial charge in [-0.3, -0.25) is 4.79 Å². The standard InChI is InChI=1S/C20H21F3N2O3S/c1-12(13-4-2-3-5-13)25-29(27,28)15-7-9-17(22)16(11-15)20(26)24-19-10-14(21)6-8-18(19)23/h6-13,25H,2-5H2,1H3,(H,24,26)/t12-/m1/s1. The van der Waals surface area contributed by atoms with Crippen LogP contribution in [0.1, 0.15) is 43.0 Å². The number of rotatable bonds is 6. The molecule has 9 heteroatoms. The normalized spacial score (nSPS) is 16.0. The molecule has 0 radical (unpaired) electrons. The first-order valence-corrected chi connectivity index (χ1v) is 10.7. The van der Waals surface area contributed by atoms with Crippen molar-refractivity contribution in [1.29, 1.82) is 0 Å². The molecule has 29 heavy (non-hydrogen) atoms. The Balaban J connectivity index is 1.83. The molecule has 1 aliphatic carbocycles. The molecule has 5 nitrogen and oxygen atoms in total. The predicted octanol–water partition coefficient (Wildman–Crippen LogP) is 4.21. The van der Waals surface area contributed by atoms with Crippen LogP contribution in [0.4, 0.5) is 18.9 Å². The zero-order chi connectivity index (χ0) is 21.2. The first-order valence-electron chi connectivity index (χ1n) is 9.25. The third kappa shape index (κ3) is 4.97. The van der Waals surface area contributed by atoms with Gasteiger partial charge in [-0.05, 0) is 56.0 Å². The summed E-state index contributed by atoms with van der Waals surface area (Å²) in [7, 11) is -3.99. The number of carbonyl (C=O) groups excluding carboxylic acids is 1. The molecule has 156 valence electrons. The number of carbonyl (C=O) groups is 1. The molecule has 1 aliphatic rings. The Labute approximate surface area is 167 Å². The highest BCUT2D eigenvalue weighted by Crippen LogP contribution is 2.28. The van der Waals surface area contributed by atoms with Crippen LogP contribution >= 0.6 is 0 Å². The highest BCUT2D eigenvalue weighted by atomic mass is 32.2. The number of amides is 1. The molecule has 2 aromatic carbocycles. The largest absolute Gasteiger partial charge is 0.319 e. The molecule has 0 unspecified atom stereocenters. The first-order chi connectivity index (χ1) is 13.7. The van der Waals surface area contributed by atoms with E-state index in [9.17, 15) is 26.4 Å². The molecule has 2 N–H and O–H groups in total.